The molecule has 2 atom stereocenters. The van der Waals surface area contributed by atoms with Crippen LogP contribution in [-0.2, 0) is 6.42 Å². The van der Waals surface area contributed by atoms with Gasteiger partial charge in [-0.1, -0.05) is 47.5 Å². The van der Waals surface area contributed by atoms with Crippen molar-refractivity contribution in [2.24, 2.45) is 5.73 Å². The lowest BCUT2D eigenvalue weighted by molar-refractivity contribution is 0.621. The van der Waals surface area contributed by atoms with Crippen LogP contribution >= 0.6 is 23.2 Å². The Morgan fingerprint density at radius 1 is 0.903 bits per heavy atom. The van der Waals surface area contributed by atoms with Gasteiger partial charge in [0, 0.05) is 28.5 Å². The summed E-state index contributed by atoms with van der Waals surface area (Å²) in [6.45, 7) is 0. The molecule has 0 amide bonds. The predicted octanol–water partition coefficient (Wildman–Crippen LogP) is 6.24. The second-order valence-electron chi connectivity index (χ2n) is 9.05. The Bertz CT molecular complexity index is 1170. The number of benzene rings is 2. The number of fused-ring (bicyclic) bond motifs is 1. The van der Waals surface area contributed by atoms with Crippen LogP contribution in [0.25, 0.3) is 11.3 Å². The van der Waals surface area contributed by atoms with E-state index in [-0.39, 0.29) is 12.1 Å². The molecule has 0 radical (unpaired) electrons. The average Bonchev–Trinajstić information content (AvgIpc) is 3.66. The second kappa shape index (κ2) is 7.47. The number of halogens is 2. The Morgan fingerprint density at radius 3 is 2.39 bits per heavy atom. The minimum absolute atomic E-state index is 0.0287. The number of nitrogens with two attached hydrogens (primary N) is 1. The highest BCUT2D eigenvalue weighted by Crippen LogP contribution is 2.49. The van der Waals surface area contributed by atoms with Gasteiger partial charge in [-0.25, -0.2) is 9.97 Å². The fraction of sp³-hybridized carbons (Fsp3) is 0.360. The lowest BCUT2D eigenvalue weighted by Gasteiger charge is -2.23. The first-order chi connectivity index (χ1) is 15.1. The maximum absolute atomic E-state index is 6.58. The molecule has 158 valence electrons. The van der Waals surface area contributed by atoms with Crippen LogP contribution in [0.1, 0.15) is 66.1 Å². The highest BCUT2D eigenvalue weighted by molar-refractivity contribution is 6.36. The van der Waals surface area contributed by atoms with E-state index in [1.807, 2.05) is 12.1 Å². The molecule has 31 heavy (non-hydrogen) atoms. The molecular formula is C25H24Cl2N4. The molecule has 3 aromatic rings. The van der Waals surface area contributed by atoms with Crippen LogP contribution in [0.4, 0.5) is 5.82 Å². The highest BCUT2D eigenvalue weighted by Gasteiger charge is 2.37. The van der Waals surface area contributed by atoms with E-state index >= 15 is 0 Å². The Hall–Kier alpha value is -2.14. The van der Waals surface area contributed by atoms with Gasteiger partial charge in [0.15, 0.2) is 0 Å². The SMILES string of the molecule is NC1Cc2ccccc2C1Nc1nc(C2CC2)c(-c2ccc(Cl)cc2Cl)nc1C1CC1. The minimum atomic E-state index is 0.0287. The van der Waals surface area contributed by atoms with Crippen molar-refractivity contribution in [1.29, 1.82) is 0 Å². The maximum atomic E-state index is 6.58. The largest absolute Gasteiger partial charge is 0.360 e. The maximum Gasteiger partial charge on any atom is 0.148 e. The first-order valence-electron chi connectivity index (χ1n) is 11.1. The molecule has 1 aromatic heterocycles. The molecule has 2 aromatic carbocycles. The van der Waals surface area contributed by atoms with Crippen molar-refractivity contribution in [3.05, 3.63) is 75.0 Å². The molecule has 6 heteroatoms. The van der Waals surface area contributed by atoms with Crippen LogP contribution < -0.4 is 11.1 Å². The van der Waals surface area contributed by atoms with Crippen molar-refractivity contribution < 1.29 is 0 Å². The Labute approximate surface area is 192 Å². The lowest BCUT2D eigenvalue weighted by atomic mass is 10.0. The monoisotopic (exact) mass is 450 g/mol. The van der Waals surface area contributed by atoms with Crippen molar-refractivity contribution in [1.82, 2.24) is 9.97 Å². The zero-order chi connectivity index (χ0) is 21.1. The van der Waals surface area contributed by atoms with E-state index in [0.717, 1.165) is 60.6 Å². The van der Waals surface area contributed by atoms with Gasteiger partial charge in [-0.15, -0.1) is 0 Å². The molecule has 4 nitrogen and oxygen atoms in total. The van der Waals surface area contributed by atoms with Crippen molar-refractivity contribution in [3.63, 3.8) is 0 Å². The van der Waals surface area contributed by atoms with Gasteiger partial charge in [-0.05, 0) is 61.4 Å². The Morgan fingerprint density at radius 2 is 1.65 bits per heavy atom. The Balaban J connectivity index is 1.45. The second-order valence-corrected chi connectivity index (χ2v) is 9.90. The summed E-state index contributed by atoms with van der Waals surface area (Å²) in [6.07, 6.45) is 5.45. The lowest BCUT2D eigenvalue weighted by Crippen LogP contribution is -2.30. The summed E-state index contributed by atoms with van der Waals surface area (Å²) >= 11 is 12.7. The molecule has 0 bridgehead atoms. The third kappa shape index (κ3) is 3.61. The highest BCUT2D eigenvalue weighted by atomic mass is 35.5. The van der Waals surface area contributed by atoms with Gasteiger partial charge in [-0.2, -0.15) is 0 Å². The van der Waals surface area contributed by atoms with Gasteiger partial charge in [0.25, 0.3) is 0 Å². The van der Waals surface area contributed by atoms with Crippen LogP contribution in [0, 0.1) is 0 Å². The van der Waals surface area contributed by atoms with Crippen LogP contribution in [0.3, 0.4) is 0 Å². The summed E-state index contributed by atoms with van der Waals surface area (Å²) in [5.74, 6) is 1.78. The fourth-order valence-electron chi connectivity index (χ4n) is 4.69. The molecule has 2 saturated carbocycles. The van der Waals surface area contributed by atoms with Crippen molar-refractivity contribution in [2.45, 2.75) is 56.0 Å². The van der Waals surface area contributed by atoms with Crippen LogP contribution in [0.2, 0.25) is 10.0 Å². The standard InChI is InChI=1S/C25H24Cl2N4/c26-16-9-10-18(19(27)12-16)24-21(13-5-6-13)30-25(22(29-24)14-7-8-14)31-23-17-4-2-1-3-15(17)11-20(23)28/h1-4,9-10,12-14,20,23H,5-8,11,28H2,(H,30,31). The summed E-state index contributed by atoms with van der Waals surface area (Å²) in [6, 6.07) is 14.2. The van der Waals surface area contributed by atoms with Gasteiger partial charge in [-0.3, -0.25) is 0 Å². The molecule has 3 N–H and O–H groups in total. The molecular weight excluding hydrogens is 427 g/mol. The molecule has 3 aliphatic carbocycles. The van der Waals surface area contributed by atoms with Gasteiger partial charge in [0.2, 0.25) is 0 Å². The first kappa shape index (κ1) is 19.5. The molecule has 6 rings (SSSR count). The summed E-state index contributed by atoms with van der Waals surface area (Å²) < 4.78 is 0. The fourth-order valence-corrected chi connectivity index (χ4v) is 5.19. The molecule has 3 aliphatic rings. The first-order valence-corrected chi connectivity index (χ1v) is 11.8. The van der Waals surface area contributed by atoms with E-state index in [9.17, 15) is 0 Å². The number of hydrogen-bond acceptors (Lipinski definition) is 4. The zero-order valence-corrected chi connectivity index (χ0v) is 18.6. The quantitative estimate of drug-likeness (QED) is 0.482. The van der Waals surface area contributed by atoms with Crippen LogP contribution in [0.5, 0.6) is 0 Å². The summed E-state index contributed by atoms with van der Waals surface area (Å²) in [5.41, 5.74) is 13.0. The molecule has 2 fully saturated rings. The number of nitrogens with zero attached hydrogens (tertiary/aromatic N) is 2. The smallest absolute Gasteiger partial charge is 0.148 e. The topological polar surface area (TPSA) is 63.8 Å². The van der Waals surface area contributed by atoms with E-state index in [4.69, 9.17) is 38.9 Å². The molecule has 2 unspecified atom stereocenters. The van der Waals surface area contributed by atoms with Gasteiger partial charge in [0.05, 0.1) is 28.1 Å². The third-order valence-electron chi connectivity index (χ3n) is 6.63. The van der Waals surface area contributed by atoms with Gasteiger partial charge in [0.1, 0.15) is 5.82 Å². The van der Waals surface area contributed by atoms with Crippen molar-refractivity contribution in [2.75, 3.05) is 5.32 Å². The molecule has 0 spiro atoms. The van der Waals surface area contributed by atoms with Crippen molar-refractivity contribution in [3.8, 4) is 11.3 Å². The average molecular weight is 451 g/mol. The zero-order valence-electron chi connectivity index (χ0n) is 17.1. The third-order valence-corrected chi connectivity index (χ3v) is 7.18. The number of anilines is 1. The normalized spacial score (nSPS) is 22.4. The van der Waals surface area contributed by atoms with Crippen LogP contribution in [0.15, 0.2) is 42.5 Å². The van der Waals surface area contributed by atoms with E-state index < -0.39 is 0 Å². The molecule has 1 heterocycles. The molecule has 0 saturated heterocycles. The van der Waals surface area contributed by atoms with E-state index in [0.29, 0.717) is 21.9 Å². The predicted molar refractivity (Wildman–Crippen MR) is 126 cm³/mol. The number of rotatable bonds is 5. The number of aromatic nitrogens is 2. The van der Waals surface area contributed by atoms with Crippen LogP contribution in [-0.4, -0.2) is 16.0 Å². The number of nitrogens with one attached hydrogen (secondary N) is 1. The summed E-state index contributed by atoms with van der Waals surface area (Å²) in [4.78, 5) is 10.4. The van der Waals surface area contributed by atoms with Crippen molar-refractivity contribution >= 4 is 29.0 Å². The summed E-state index contributed by atoms with van der Waals surface area (Å²) in [5, 5.41) is 4.96. The van der Waals surface area contributed by atoms with E-state index in [2.05, 4.69) is 29.6 Å². The van der Waals surface area contributed by atoms with E-state index in [1.54, 1.807) is 6.07 Å². The molecule has 0 aliphatic heterocycles. The van der Waals surface area contributed by atoms with Gasteiger partial charge < -0.3 is 11.1 Å². The summed E-state index contributed by atoms with van der Waals surface area (Å²) in [7, 11) is 0. The minimum Gasteiger partial charge on any atom is -0.360 e. The number of hydrogen-bond donors (Lipinski definition) is 2. The van der Waals surface area contributed by atoms with Gasteiger partial charge >= 0.3 is 0 Å². The Kier molecular flexibility index (Phi) is 4.71. The van der Waals surface area contributed by atoms with E-state index in [1.165, 1.54) is 11.1 Å².